The topological polar surface area (TPSA) is 64.4 Å². The van der Waals surface area contributed by atoms with E-state index in [1.165, 1.54) is 38.5 Å². The molecule has 76 valence electrons. The summed E-state index contributed by atoms with van der Waals surface area (Å²) in [6.45, 7) is 0.804. The van der Waals surface area contributed by atoms with E-state index in [9.17, 15) is 0 Å². The molecule has 1 fully saturated rings. The Kier molecular flexibility index (Phi) is 4.65. The van der Waals surface area contributed by atoms with Crippen LogP contribution in [0.15, 0.2) is 4.99 Å². The fraction of sp³-hybridized carbons (Fsp3) is 0.900. The maximum atomic E-state index is 5.24. The van der Waals surface area contributed by atoms with Crippen LogP contribution in [-0.4, -0.2) is 12.5 Å². The molecule has 0 aliphatic heterocycles. The van der Waals surface area contributed by atoms with Crippen LogP contribution >= 0.6 is 0 Å². The summed E-state index contributed by atoms with van der Waals surface area (Å²) in [6, 6.07) is 0. The number of hydrogen-bond acceptors (Lipinski definition) is 1. The summed E-state index contributed by atoms with van der Waals surface area (Å²) < 4.78 is 0. The average Bonchev–Trinajstić information content (AvgIpc) is 2.14. The van der Waals surface area contributed by atoms with Crippen LogP contribution in [0.2, 0.25) is 0 Å². The van der Waals surface area contributed by atoms with Crippen molar-refractivity contribution in [2.75, 3.05) is 6.54 Å². The van der Waals surface area contributed by atoms with Gasteiger partial charge in [0.2, 0.25) is 0 Å². The Morgan fingerprint density at radius 3 is 2.46 bits per heavy atom. The Bertz CT molecular complexity index is 156. The molecule has 0 radical (unpaired) electrons. The molecule has 0 atom stereocenters. The number of nitrogens with zero attached hydrogens (tertiary/aromatic N) is 1. The molecule has 0 heterocycles. The minimum atomic E-state index is 0.226. The number of hydrogen-bond donors (Lipinski definition) is 2. The predicted octanol–water partition coefficient (Wildman–Crippen LogP) is 1.62. The van der Waals surface area contributed by atoms with Crippen LogP contribution in [0.3, 0.4) is 0 Å². The van der Waals surface area contributed by atoms with Gasteiger partial charge in [-0.05, 0) is 18.8 Å². The van der Waals surface area contributed by atoms with Gasteiger partial charge in [0.05, 0.1) is 0 Å². The first-order valence-electron chi connectivity index (χ1n) is 5.34. The summed E-state index contributed by atoms with van der Waals surface area (Å²) in [5.41, 5.74) is 10.5. The summed E-state index contributed by atoms with van der Waals surface area (Å²) in [5.74, 6) is 1.17. The molecule has 1 aliphatic rings. The first-order valence-corrected chi connectivity index (χ1v) is 5.34. The lowest BCUT2D eigenvalue weighted by molar-refractivity contribution is 0.334. The average molecular weight is 183 g/mol. The maximum Gasteiger partial charge on any atom is 0.185 e. The lowest BCUT2D eigenvalue weighted by Gasteiger charge is -2.20. The van der Waals surface area contributed by atoms with Gasteiger partial charge in [0.25, 0.3) is 0 Å². The Hall–Kier alpha value is -0.730. The highest BCUT2D eigenvalue weighted by Crippen LogP contribution is 2.26. The standard InChI is InChI=1S/C10H21N3/c11-10(12)13-8-4-7-9-5-2-1-3-6-9/h9H,1-8H2,(H4,11,12,13). The van der Waals surface area contributed by atoms with Crippen molar-refractivity contribution in [2.24, 2.45) is 22.4 Å². The molecule has 1 aliphatic carbocycles. The molecule has 1 saturated carbocycles. The van der Waals surface area contributed by atoms with Gasteiger partial charge >= 0.3 is 0 Å². The van der Waals surface area contributed by atoms with Crippen LogP contribution in [0.25, 0.3) is 0 Å². The first kappa shape index (κ1) is 10.4. The fourth-order valence-corrected chi connectivity index (χ4v) is 2.06. The van der Waals surface area contributed by atoms with Gasteiger partial charge in [0, 0.05) is 6.54 Å². The number of rotatable bonds is 4. The summed E-state index contributed by atoms with van der Waals surface area (Å²) in [5, 5.41) is 0. The second kappa shape index (κ2) is 5.84. The van der Waals surface area contributed by atoms with Crippen LogP contribution in [0.1, 0.15) is 44.9 Å². The van der Waals surface area contributed by atoms with E-state index in [0.29, 0.717) is 0 Å². The Labute approximate surface area is 80.6 Å². The zero-order valence-corrected chi connectivity index (χ0v) is 8.34. The molecule has 3 nitrogen and oxygen atoms in total. The summed E-state index contributed by atoms with van der Waals surface area (Å²) in [6.07, 6.45) is 9.56. The van der Waals surface area contributed by atoms with Crippen molar-refractivity contribution in [3.05, 3.63) is 0 Å². The quantitative estimate of drug-likeness (QED) is 0.395. The molecule has 0 unspecified atom stereocenters. The van der Waals surface area contributed by atoms with Gasteiger partial charge in [0.15, 0.2) is 5.96 Å². The van der Waals surface area contributed by atoms with Crippen molar-refractivity contribution in [1.82, 2.24) is 0 Å². The van der Waals surface area contributed by atoms with Crippen LogP contribution in [0, 0.1) is 5.92 Å². The second-order valence-electron chi connectivity index (χ2n) is 3.95. The van der Waals surface area contributed by atoms with Crippen molar-refractivity contribution in [1.29, 1.82) is 0 Å². The van der Waals surface area contributed by atoms with Crippen molar-refractivity contribution < 1.29 is 0 Å². The van der Waals surface area contributed by atoms with Crippen LogP contribution in [0.5, 0.6) is 0 Å². The highest BCUT2D eigenvalue weighted by Gasteiger charge is 2.12. The van der Waals surface area contributed by atoms with Gasteiger partial charge in [-0.1, -0.05) is 32.1 Å². The molecule has 1 rings (SSSR count). The van der Waals surface area contributed by atoms with E-state index in [4.69, 9.17) is 11.5 Å². The molecule has 0 aromatic rings. The number of nitrogens with two attached hydrogens (primary N) is 2. The molecule has 13 heavy (non-hydrogen) atoms. The normalized spacial score (nSPS) is 18.5. The van der Waals surface area contributed by atoms with Crippen LogP contribution in [-0.2, 0) is 0 Å². The Morgan fingerprint density at radius 1 is 1.15 bits per heavy atom. The van der Waals surface area contributed by atoms with E-state index in [1.54, 1.807) is 0 Å². The number of aliphatic imine (C=N–C) groups is 1. The van der Waals surface area contributed by atoms with E-state index < -0.39 is 0 Å². The Morgan fingerprint density at radius 2 is 1.85 bits per heavy atom. The van der Waals surface area contributed by atoms with Gasteiger partial charge in [-0.2, -0.15) is 0 Å². The third-order valence-electron chi connectivity index (χ3n) is 2.79. The molecule has 4 N–H and O–H groups in total. The molecule has 0 spiro atoms. The SMILES string of the molecule is NC(N)=NCCCC1CCCCC1. The van der Waals surface area contributed by atoms with Crippen molar-refractivity contribution >= 4 is 5.96 Å². The maximum absolute atomic E-state index is 5.24. The minimum Gasteiger partial charge on any atom is -0.370 e. The lowest BCUT2D eigenvalue weighted by atomic mass is 9.86. The molecule has 0 aromatic carbocycles. The molecule has 0 amide bonds. The first-order chi connectivity index (χ1) is 6.29. The van der Waals surface area contributed by atoms with Crippen LogP contribution < -0.4 is 11.5 Å². The van der Waals surface area contributed by atoms with Gasteiger partial charge < -0.3 is 11.5 Å². The molecule has 0 saturated heterocycles. The molecule has 3 heteroatoms. The highest BCUT2D eigenvalue weighted by atomic mass is 15.0. The molecule has 0 bridgehead atoms. The summed E-state index contributed by atoms with van der Waals surface area (Å²) >= 11 is 0. The Balaban J connectivity index is 2.01. The van der Waals surface area contributed by atoms with Crippen molar-refractivity contribution in [3.63, 3.8) is 0 Å². The smallest absolute Gasteiger partial charge is 0.185 e. The van der Waals surface area contributed by atoms with Gasteiger partial charge in [-0.15, -0.1) is 0 Å². The monoisotopic (exact) mass is 183 g/mol. The van der Waals surface area contributed by atoms with Gasteiger partial charge in [-0.3, -0.25) is 4.99 Å². The molecular weight excluding hydrogens is 162 g/mol. The third kappa shape index (κ3) is 4.76. The van der Waals surface area contributed by atoms with Crippen LogP contribution in [0.4, 0.5) is 0 Å². The van der Waals surface area contributed by atoms with E-state index in [0.717, 1.165) is 18.9 Å². The fourth-order valence-electron chi connectivity index (χ4n) is 2.06. The van der Waals surface area contributed by atoms with E-state index >= 15 is 0 Å². The lowest BCUT2D eigenvalue weighted by Crippen LogP contribution is -2.23. The van der Waals surface area contributed by atoms with Gasteiger partial charge in [-0.25, -0.2) is 0 Å². The molecule has 0 aromatic heterocycles. The van der Waals surface area contributed by atoms with Crippen molar-refractivity contribution in [3.8, 4) is 0 Å². The minimum absolute atomic E-state index is 0.226. The summed E-state index contributed by atoms with van der Waals surface area (Å²) in [4.78, 5) is 3.98. The predicted molar refractivity (Wildman–Crippen MR) is 56.5 cm³/mol. The van der Waals surface area contributed by atoms with E-state index in [2.05, 4.69) is 4.99 Å². The third-order valence-corrected chi connectivity index (χ3v) is 2.79. The summed E-state index contributed by atoms with van der Waals surface area (Å²) in [7, 11) is 0. The second-order valence-corrected chi connectivity index (χ2v) is 3.95. The zero-order chi connectivity index (χ0) is 9.52. The highest BCUT2D eigenvalue weighted by molar-refractivity contribution is 5.75. The van der Waals surface area contributed by atoms with E-state index in [-0.39, 0.29) is 5.96 Å². The van der Waals surface area contributed by atoms with E-state index in [1.807, 2.05) is 0 Å². The molecular formula is C10H21N3. The van der Waals surface area contributed by atoms with Crippen molar-refractivity contribution in [2.45, 2.75) is 44.9 Å². The van der Waals surface area contributed by atoms with Gasteiger partial charge in [0.1, 0.15) is 0 Å². The largest absolute Gasteiger partial charge is 0.370 e. The number of guanidine groups is 1. The zero-order valence-electron chi connectivity index (χ0n) is 8.34.